The van der Waals surface area contributed by atoms with Gasteiger partial charge in [-0.15, -0.1) is 0 Å². The van der Waals surface area contributed by atoms with Crippen molar-refractivity contribution in [1.82, 2.24) is 4.98 Å². The van der Waals surface area contributed by atoms with Gasteiger partial charge in [0.15, 0.2) is 5.58 Å². The van der Waals surface area contributed by atoms with Crippen molar-refractivity contribution in [1.29, 1.82) is 0 Å². The van der Waals surface area contributed by atoms with Crippen LogP contribution in [0.1, 0.15) is 0 Å². The highest BCUT2D eigenvalue weighted by molar-refractivity contribution is 6.25. The molecule has 45 heavy (non-hydrogen) atoms. The lowest BCUT2D eigenvalue weighted by Crippen LogP contribution is -1.87. The normalized spacial score (nSPS) is 11.6. The second kappa shape index (κ2) is 10.3. The van der Waals surface area contributed by atoms with E-state index in [4.69, 9.17) is 9.40 Å². The lowest BCUT2D eigenvalue weighted by molar-refractivity contribution is 0.620. The number of hydrogen-bond acceptors (Lipinski definition) is 2. The van der Waals surface area contributed by atoms with E-state index in [2.05, 4.69) is 152 Å². The highest BCUT2D eigenvalue weighted by atomic mass is 16.3. The highest BCUT2D eigenvalue weighted by Gasteiger charge is 2.17. The van der Waals surface area contributed by atoms with E-state index in [1.807, 2.05) is 12.1 Å². The largest absolute Gasteiger partial charge is 0.436 e. The molecule has 0 aliphatic heterocycles. The van der Waals surface area contributed by atoms with Crippen molar-refractivity contribution in [3.05, 3.63) is 164 Å². The van der Waals surface area contributed by atoms with Gasteiger partial charge in [0.25, 0.3) is 0 Å². The Labute approximate surface area is 260 Å². The third-order valence-corrected chi connectivity index (χ3v) is 8.90. The van der Waals surface area contributed by atoms with Gasteiger partial charge in [-0.2, -0.15) is 0 Å². The van der Waals surface area contributed by atoms with Gasteiger partial charge in [0.2, 0.25) is 5.89 Å². The van der Waals surface area contributed by atoms with Crippen LogP contribution in [0.25, 0.3) is 88.3 Å². The Morgan fingerprint density at radius 1 is 0.333 bits per heavy atom. The second-order valence-corrected chi connectivity index (χ2v) is 11.6. The standard InChI is InChI=1S/C43H27NO/c1-3-11-28(12-4-1)30-19-21-31(22-20-30)43-44-42-39(26-33(27-41(42)45-43)29-13-5-2-6-14-29)32-23-24-38-36-17-8-7-15-34(36)35-16-9-10-18-37(35)40(38)25-32/h1-27H. The van der Waals surface area contributed by atoms with Gasteiger partial charge in [-0.25, -0.2) is 4.98 Å². The third-order valence-electron chi connectivity index (χ3n) is 8.90. The summed E-state index contributed by atoms with van der Waals surface area (Å²) in [6.45, 7) is 0. The van der Waals surface area contributed by atoms with E-state index in [9.17, 15) is 0 Å². The topological polar surface area (TPSA) is 26.0 Å². The average Bonchev–Trinajstić information content (AvgIpc) is 3.56. The molecule has 8 aromatic carbocycles. The Hall–Kier alpha value is -5.99. The second-order valence-electron chi connectivity index (χ2n) is 11.6. The molecule has 9 aromatic rings. The van der Waals surface area contributed by atoms with Gasteiger partial charge >= 0.3 is 0 Å². The Balaban J connectivity index is 1.26. The molecule has 210 valence electrons. The summed E-state index contributed by atoms with van der Waals surface area (Å²) in [5.41, 5.74) is 9.36. The Morgan fingerprint density at radius 3 is 1.42 bits per heavy atom. The van der Waals surface area contributed by atoms with Crippen LogP contribution in [0.3, 0.4) is 0 Å². The van der Waals surface area contributed by atoms with Crippen LogP contribution in [0.2, 0.25) is 0 Å². The molecule has 1 heterocycles. The van der Waals surface area contributed by atoms with Gasteiger partial charge in [-0.1, -0.05) is 133 Å². The first kappa shape index (κ1) is 25.5. The van der Waals surface area contributed by atoms with Crippen molar-refractivity contribution < 1.29 is 4.42 Å². The van der Waals surface area contributed by atoms with Crippen LogP contribution in [-0.2, 0) is 0 Å². The lowest BCUT2D eigenvalue weighted by Gasteiger charge is -2.13. The van der Waals surface area contributed by atoms with E-state index >= 15 is 0 Å². The maximum absolute atomic E-state index is 6.53. The molecule has 1 aromatic heterocycles. The lowest BCUT2D eigenvalue weighted by atomic mass is 9.91. The summed E-state index contributed by atoms with van der Waals surface area (Å²) < 4.78 is 6.53. The number of hydrogen-bond donors (Lipinski definition) is 0. The number of benzene rings is 8. The van der Waals surface area contributed by atoms with E-state index in [-0.39, 0.29) is 0 Å². The predicted octanol–water partition coefficient (Wildman–Crippen LogP) is 12.0. The van der Waals surface area contributed by atoms with Crippen LogP contribution in [0.15, 0.2) is 168 Å². The molecule has 2 heteroatoms. The maximum atomic E-state index is 6.53. The van der Waals surface area contributed by atoms with Crippen molar-refractivity contribution in [3.63, 3.8) is 0 Å². The molecule has 0 radical (unpaired) electrons. The summed E-state index contributed by atoms with van der Waals surface area (Å²) in [6, 6.07) is 58.0. The molecule has 0 aliphatic rings. The Morgan fingerprint density at radius 2 is 0.800 bits per heavy atom. The number of fused-ring (bicyclic) bond motifs is 7. The van der Waals surface area contributed by atoms with Crippen LogP contribution in [0.4, 0.5) is 0 Å². The van der Waals surface area contributed by atoms with Crippen molar-refractivity contribution >= 4 is 43.4 Å². The van der Waals surface area contributed by atoms with Crippen molar-refractivity contribution in [2.45, 2.75) is 0 Å². The summed E-state index contributed by atoms with van der Waals surface area (Å²) in [5.74, 6) is 0.619. The fourth-order valence-electron chi connectivity index (χ4n) is 6.68. The minimum Gasteiger partial charge on any atom is -0.436 e. The fourth-order valence-corrected chi connectivity index (χ4v) is 6.68. The molecule has 0 saturated carbocycles. The maximum Gasteiger partial charge on any atom is 0.227 e. The molecule has 9 rings (SSSR count). The molecule has 0 aliphatic carbocycles. The van der Waals surface area contributed by atoms with Crippen LogP contribution >= 0.6 is 0 Å². The van der Waals surface area contributed by atoms with E-state index in [0.29, 0.717) is 5.89 Å². The molecule has 0 fully saturated rings. The summed E-state index contributed by atoms with van der Waals surface area (Å²) in [7, 11) is 0. The quantitative estimate of drug-likeness (QED) is 0.196. The molecule has 0 bridgehead atoms. The fraction of sp³-hybridized carbons (Fsp3) is 0. The van der Waals surface area contributed by atoms with Crippen molar-refractivity contribution in [2.24, 2.45) is 0 Å². The van der Waals surface area contributed by atoms with E-state index in [1.54, 1.807) is 0 Å². The van der Waals surface area contributed by atoms with E-state index in [0.717, 1.165) is 38.9 Å². The summed E-state index contributed by atoms with van der Waals surface area (Å²) in [6.07, 6.45) is 0. The van der Waals surface area contributed by atoms with Gasteiger partial charge in [0, 0.05) is 11.1 Å². The SMILES string of the molecule is c1ccc(-c2ccc(-c3nc4c(-c5ccc6c7ccccc7c7ccccc7c6c5)cc(-c5ccccc5)cc4o3)cc2)cc1. The average molecular weight is 574 g/mol. The first-order valence-electron chi connectivity index (χ1n) is 15.3. The molecular formula is C43H27NO. The van der Waals surface area contributed by atoms with Gasteiger partial charge in [-0.05, 0) is 90.5 Å². The molecule has 0 atom stereocenters. The van der Waals surface area contributed by atoms with E-state index < -0.39 is 0 Å². The Kier molecular flexibility index (Phi) is 5.85. The molecule has 2 nitrogen and oxygen atoms in total. The Bertz CT molecular complexity index is 2470. The number of aromatic nitrogens is 1. The molecule has 0 amide bonds. The number of rotatable bonds is 4. The first-order chi connectivity index (χ1) is 22.3. The van der Waals surface area contributed by atoms with Crippen LogP contribution < -0.4 is 0 Å². The van der Waals surface area contributed by atoms with E-state index in [1.165, 1.54) is 43.4 Å². The predicted molar refractivity (Wildman–Crippen MR) is 188 cm³/mol. The van der Waals surface area contributed by atoms with Gasteiger partial charge in [0.1, 0.15) is 5.52 Å². The molecule has 0 saturated heterocycles. The van der Waals surface area contributed by atoms with Crippen LogP contribution in [-0.4, -0.2) is 4.98 Å². The van der Waals surface area contributed by atoms with Gasteiger partial charge in [0.05, 0.1) is 0 Å². The third kappa shape index (κ3) is 4.30. The van der Waals surface area contributed by atoms with Crippen LogP contribution in [0, 0.1) is 0 Å². The van der Waals surface area contributed by atoms with Gasteiger partial charge < -0.3 is 4.42 Å². The molecular weight excluding hydrogens is 546 g/mol. The zero-order valence-electron chi connectivity index (χ0n) is 24.4. The molecule has 0 spiro atoms. The smallest absolute Gasteiger partial charge is 0.227 e. The monoisotopic (exact) mass is 573 g/mol. The number of oxazole rings is 1. The summed E-state index contributed by atoms with van der Waals surface area (Å²) in [5, 5.41) is 7.56. The molecule has 0 unspecified atom stereocenters. The van der Waals surface area contributed by atoms with Crippen molar-refractivity contribution in [2.75, 3.05) is 0 Å². The zero-order valence-corrected chi connectivity index (χ0v) is 24.4. The minimum atomic E-state index is 0.619. The molecule has 0 N–H and O–H groups in total. The zero-order chi connectivity index (χ0) is 29.7. The summed E-state index contributed by atoms with van der Waals surface area (Å²) in [4.78, 5) is 5.12. The number of nitrogens with zero attached hydrogens (tertiary/aromatic N) is 1. The first-order valence-corrected chi connectivity index (χ1v) is 15.3. The minimum absolute atomic E-state index is 0.619. The van der Waals surface area contributed by atoms with Crippen molar-refractivity contribution in [3.8, 4) is 44.8 Å². The van der Waals surface area contributed by atoms with Gasteiger partial charge in [-0.3, -0.25) is 0 Å². The highest BCUT2D eigenvalue weighted by Crippen LogP contribution is 2.40. The summed E-state index contributed by atoms with van der Waals surface area (Å²) >= 11 is 0. The van der Waals surface area contributed by atoms with Crippen LogP contribution in [0.5, 0.6) is 0 Å².